The summed E-state index contributed by atoms with van der Waals surface area (Å²) in [6.45, 7) is 0. The molecule has 1 aromatic heterocycles. The van der Waals surface area contributed by atoms with Crippen LogP contribution in [0.15, 0.2) is 12.3 Å². The molecule has 3 heteroatoms. The van der Waals surface area contributed by atoms with Crippen molar-refractivity contribution in [3.63, 3.8) is 0 Å². The largest absolute Gasteiger partial charge is 0.465 e. The van der Waals surface area contributed by atoms with E-state index in [9.17, 15) is 4.79 Å². The Morgan fingerprint density at radius 1 is 1.25 bits per heavy atom. The normalized spacial score (nSPS) is 15.8. The predicted molar refractivity (Wildman–Crippen MR) is 61.5 cm³/mol. The highest BCUT2D eigenvalue weighted by Gasteiger charge is 2.14. The summed E-state index contributed by atoms with van der Waals surface area (Å²) >= 11 is 0. The molecular formula is C13H17NO2. The minimum Gasteiger partial charge on any atom is -0.465 e. The highest BCUT2D eigenvalue weighted by molar-refractivity contribution is 5.90. The lowest BCUT2D eigenvalue weighted by atomic mass is 9.99. The molecule has 86 valence electrons. The smallest absolute Gasteiger partial charge is 0.339 e. The summed E-state index contributed by atoms with van der Waals surface area (Å²) in [6.07, 6.45) is 8.57. The third kappa shape index (κ3) is 2.40. The Hall–Kier alpha value is -1.38. The van der Waals surface area contributed by atoms with Gasteiger partial charge in [0.05, 0.1) is 18.4 Å². The van der Waals surface area contributed by atoms with Crippen molar-refractivity contribution in [1.82, 2.24) is 4.98 Å². The topological polar surface area (TPSA) is 39.2 Å². The summed E-state index contributed by atoms with van der Waals surface area (Å²) in [6, 6.07) is 1.94. The molecule has 1 aliphatic heterocycles. The Labute approximate surface area is 95.8 Å². The van der Waals surface area contributed by atoms with Gasteiger partial charge in [-0.05, 0) is 37.3 Å². The van der Waals surface area contributed by atoms with E-state index < -0.39 is 0 Å². The zero-order chi connectivity index (χ0) is 11.4. The molecule has 0 saturated carbocycles. The van der Waals surface area contributed by atoms with Gasteiger partial charge in [-0.3, -0.25) is 4.98 Å². The molecule has 2 aliphatic rings. The number of carbonyl (C=O) groups excluding carboxylic acids is 1. The number of aromatic nitrogens is 1. The number of ether oxygens (including phenoxy) is 1. The molecule has 0 aromatic carbocycles. The lowest BCUT2D eigenvalue weighted by Gasteiger charge is -2.11. The van der Waals surface area contributed by atoms with E-state index in [4.69, 9.17) is 4.74 Å². The third-order valence-corrected chi connectivity index (χ3v) is 3.06. The molecule has 0 unspecified atom stereocenters. The second-order valence-electron chi connectivity index (χ2n) is 4.24. The average Bonchev–Trinajstić information content (AvgIpc) is 2.35. The number of nitrogens with zero attached hydrogens (tertiary/aromatic N) is 1. The van der Waals surface area contributed by atoms with Gasteiger partial charge < -0.3 is 4.74 Å². The lowest BCUT2D eigenvalue weighted by Crippen LogP contribution is -2.10. The molecule has 0 saturated heterocycles. The lowest BCUT2D eigenvalue weighted by molar-refractivity contribution is 0.0598. The first-order valence-electron chi connectivity index (χ1n) is 5.87. The highest BCUT2D eigenvalue weighted by atomic mass is 16.5. The number of esters is 1. The zero-order valence-corrected chi connectivity index (χ0v) is 9.66. The van der Waals surface area contributed by atoms with E-state index in [1.807, 2.05) is 12.3 Å². The van der Waals surface area contributed by atoms with Gasteiger partial charge in [0.15, 0.2) is 0 Å². The first-order chi connectivity index (χ1) is 7.81. The van der Waals surface area contributed by atoms with Gasteiger partial charge in [-0.15, -0.1) is 0 Å². The van der Waals surface area contributed by atoms with Gasteiger partial charge in [-0.2, -0.15) is 0 Å². The van der Waals surface area contributed by atoms with E-state index >= 15 is 0 Å². The highest BCUT2D eigenvalue weighted by Crippen LogP contribution is 2.18. The maximum atomic E-state index is 11.6. The van der Waals surface area contributed by atoms with Crippen LogP contribution in [0.1, 0.15) is 47.3 Å². The molecule has 2 heterocycles. The van der Waals surface area contributed by atoms with Crippen LogP contribution in [0.25, 0.3) is 0 Å². The first-order valence-corrected chi connectivity index (χ1v) is 5.87. The summed E-state index contributed by atoms with van der Waals surface area (Å²) < 4.78 is 4.80. The van der Waals surface area contributed by atoms with E-state index in [0.29, 0.717) is 5.56 Å². The van der Waals surface area contributed by atoms with Crippen LogP contribution in [0, 0.1) is 0 Å². The molecule has 0 spiro atoms. The van der Waals surface area contributed by atoms with Crippen LogP contribution in [0.5, 0.6) is 0 Å². The number of pyridine rings is 1. The average molecular weight is 219 g/mol. The quantitative estimate of drug-likeness (QED) is 0.681. The van der Waals surface area contributed by atoms with E-state index in [0.717, 1.165) is 30.5 Å². The number of aryl methyl sites for hydroxylation is 2. The summed E-state index contributed by atoms with van der Waals surface area (Å²) in [4.78, 5) is 16.0. The maximum Gasteiger partial charge on any atom is 0.339 e. The molecule has 3 nitrogen and oxygen atoms in total. The summed E-state index contributed by atoms with van der Waals surface area (Å²) in [7, 11) is 1.42. The first kappa shape index (κ1) is 11.1. The standard InChI is InChI=1S/C13H17NO2/c1-16-13(15)11-8-10-6-4-2-3-5-7-12(11)14-9-10/h8-9H,2-7H2,1H3. The predicted octanol–water partition coefficient (Wildman–Crippen LogP) is 2.53. The van der Waals surface area contributed by atoms with Crippen LogP contribution in [0.2, 0.25) is 0 Å². The molecular weight excluding hydrogens is 202 g/mol. The van der Waals surface area contributed by atoms with Crippen molar-refractivity contribution in [2.75, 3.05) is 7.11 Å². The van der Waals surface area contributed by atoms with Crippen molar-refractivity contribution in [3.8, 4) is 0 Å². The second-order valence-corrected chi connectivity index (χ2v) is 4.24. The van der Waals surface area contributed by atoms with E-state index in [-0.39, 0.29) is 5.97 Å². The Balaban J connectivity index is 2.36. The van der Waals surface area contributed by atoms with Crippen molar-refractivity contribution in [2.45, 2.75) is 38.5 Å². The number of rotatable bonds is 1. The summed E-state index contributed by atoms with van der Waals surface area (Å²) in [5, 5.41) is 0. The van der Waals surface area contributed by atoms with Gasteiger partial charge in [-0.1, -0.05) is 12.8 Å². The van der Waals surface area contributed by atoms with Gasteiger partial charge in [-0.25, -0.2) is 4.79 Å². The molecule has 0 amide bonds. The van der Waals surface area contributed by atoms with Gasteiger partial charge in [0, 0.05) is 6.20 Å². The number of carbonyl (C=O) groups is 1. The Kier molecular flexibility index (Phi) is 3.54. The van der Waals surface area contributed by atoms with Crippen molar-refractivity contribution in [3.05, 3.63) is 29.1 Å². The third-order valence-electron chi connectivity index (χ3n) is 3.06. The fourth-order valence-electron chi connectivity index (χ4n) is 2.13. The molecule has 1 aliphatic carbocycles. The number of methoxy groups -OCH3 is 1. The van der Waals surface area contributed by atoms with Gasteiger partial charge >= 0.3 is 5.97 Å². The number of hydrogen-bond acceptors (Lipinski definition) is 3. The summed E-state index contributed by atoms with van der Waals surface area (Å²) in [5.74, 6) is -0.259. The van der Waals surface area contributed by atoms with Gasteiger partial charge in [0.2, 0.25) is 0 Å². The molecule has 16 heavy (non-hydrogen) atoms. The molecule has 0 atom stereocenters. The Morgan fingerprint density at radius 2 is 2.00 bits per heavy atom. The number of hydrogen-bond donors (Lipinski definition) is 0. The Morgan fingerprint density at radius 3 is 2.75 bits per heavy atom. The SMILES string of the molecule is COC(=O)c1cc2cnc1CCCCCC2. The minimum absolute atomic E-state index is 0.259. The summed E-state index contributed by atoms with van der Waals surface area (Å²) in [5.41, 5.74) is 2.69. The monoisotopic (exact) mass is 219 g/mol. The fraction of sp³-hybridized carbons (Fsp3) is 0.538. The molecule has 0 N–H and O–H groups in total. The van der Waals surface area contributed by atoms with E-state index in [1.165, 1.54) is 26.4 Å². The van der Waals surface area contributed by atoms with Crippen LogP contribution in [-0.4, -0.2) is 18.1 Å². The molecule has 0 fully saturated rings. The second kappa shape index (κ2) is 5.10. The van der Waals surface area contributed by atoms with Crippen molar-refractivity contribution < 1.29 is 9.53 Å². The van der Waals surface area contributed by atoms with Crippen LogP contribution in [0.4, 0.5) is 0 Å². The van der Waals surface area contributed by atoms with Crippen LogP contribution in [0.3, 0.4) is 0 Å². The molecule has 1 aromatic rings. The van der Waals surface area contributed by atoms with Gasteiger partial charge in [0.25, 0.3) is 0 Å². The molecule has 0 radical (unpaired) electrons. The van der Waals surface area contributed by atoms with Crippen molar-refractivity contribution in [1.29, 1.82) is 0 Å². The Bertz CT molecular complexity index is 388. The van der Waals surface area contributed by atoms with Crippen LogP contribution in [-0.2, 0) is 17.6 Å². The maximum absolute atomic E-state index is 11.6. The number of fused-ring (bicyclic) bond motifs is 7. The van der Waals surface area contributed by atoms with Crippen LogP contribution < -0.4 is 0 Å². The zero-order valence-electron chi connectivity index (χ0n) is 9.66. The van der Waals surface area contributed by atoms with E-state index in [2.05, 4.69) is 4.98 Å². The fourth-order valence-corrected chi connectivity index (χ4v) is 2.13. The van der Waals surface area contributed by atoms with Crippen LogP contribution >= 0.6 is 0 Å². The van der Waals surface area contributed by atoms with Gasteiger partial charge in [0.1, 0.15) is 0 Å². The molecule has 3 rings (SSSR count). The minimum atomic E-state index is -0.259. The molecule has 2 bridgehead atoms. The van der Waals surface area contributed by atoms with Crippen molar-refractivity contribution >= 4 is 5.97 Å². The van der Waals surface area contributed by atoms with Crippen molar-refractivity contribution in [2.24, 2.45) is 0 Å². The van der Waals surface area contributed by atoms with E-state index in [1.54, 1.807) is 0 Å².